The molecular weight excluding hydrogens is 240 g/mol. The summed E-state index contributed by atoms with van der Waals surface area (Å²) in [6.07, 6.45) is 6.57. The Kier molecular flexibility index (Phi) is 4.92. The number of aryl methyl sites for hydroxylation is 2. The molecule has 0 saturated heterocycles. The van der Waals surface area contributed by atoms with Crippen LogP contribution in [-0.2, 0) is 11.3 Å². The van der Waals surface area contributed by atoms with E-state index in [1.54, 1.807) is 12.4 Å². The van der Waals surface area contributed by atoms with Crippen molar-refractivity contribution in [2.45, 2.75) is 26.8 Å². The van der Waals surface area contributed by atoms with Crippen LogP contribution in [0.5, 0.6) is 0 Å². The minimum atomic E-state index is 0.768. The van der Waals surface area contributed by atoms with Crippen molar-refractivity contribution in [2.24, 2.45) is 0 Å². The first kappa shape index (κ1) is 13.5. The van der Waals surface area contributed by atoms with Crippen LogP contribution < -0.4 is 5.32 Å². The summed E-state index contributed by atoms with van der Waals surface area (Å²) in [6.45, 7) is 6.44. The first-order valence-corrected chi connectivity index (χ1v) is 6.58. The molecule has 1 N–H and O–H groups in total. The maximum Gasteiger partial charge on any atom is 0.207 e. The second kappa shape index (κ2) is 6.89. The molecule has 0 aromatic carbocycles. The van der Waals surface area contributed by atoms with Gasteiger partial charge in [-0.1, -0.05) is 0 Å². The molecule has 0 atom stereocenters. The molecule has 2 rings (SSSR count). The fourth-order valence-corrected chi connectivity index (χ4v) is 1.86. The molecule has 102 valence electrons. The van der Waals surface area contributed by atoms with Gasteiger partial charge in [-0.2, -0.15) is 0 Å². The summed E-state index contributed by atoms with van der Waals surface area (Å²) in [5.41, 5.74) is 1.95. The van der Waals surface area contributed by atoms with Crippen molar-refractivity contribution in [3.05, 3.63) is 36.4 Å². The van der Waals surface area contributed by atoms with Crippen LogP contribution in [0.2, 0.25) is 0 Å². The molecule has 0 aliphatic rings. The van der Waals surface area contributed by atoms with E-state index in [1.165, 1.54) is 0 Å². The lowest BCUT2D eigenvalue weighted by atomic mass is 10.4. The summed E-state index contributed by atoms with van der Waals surface area (Å²) in [5.74, 6) is 0.849. The summed E-state index contributed by atoms with van der Waals surface area (Å²) in [4.78, 5) is 8.57. The molecule has 0 fully saturated rings. The molecule has 5 heteroatoms. The van der Waals surface area contributed by atoms with Gasteiger partial charge in [-0.05, 0) is 32.4 Å². The van der Waals surface area contributed by atoms with Crippen LogP contribution in [0.3, 0.4) is 0 Å². The van der Waals surface area contributed by atoms with Crippen molar-refractivity contribution in [3.63, 3.8) is 0 Å². The SMILES string of the molecule is CCOCCCn1cc(C)nc1Nc1cccnc1. The molecular formula is C14H20N4O. The molecule has 2 heterocycles. The average Bonchev–Trinajstić information content (AvgIpc) is 2.76. The minimum absolute atomic E-state index is 0.768. The summed E-state index contributed by atoms with van der Waals surface area (Å²) < 4.78 is 7.47. The Bertz CT molecular complexity index is 495. The fraction of sp³-hybridized carbons (Fsp3) is 0.429. The highest BCUT2D eigenvalue weighted by Gasteiger charge is 2.05. The zero-order valence-corrected chi connectivity index (χ0v) is 11.5. The van der Waals surface area contributed by atoms with Gasteiger partial charge in [-0.15, -0.1) is 0 Å². The highest BCUT2D eigenvalue weighted by Crippen LogP contribution is 2.15. The van der Waals surface area contributed by atoms with E-state index < -0.39 is 0 Å². The molecule has 0 unspecified atom stereocenters. The van der Waals surface area contributed by atoms with Crippen LogP contribution in [0.15, 0.2) is 30.7 Å². The van der Waals surface area contributed by atoms with Gasteiger partial charge in [0.1, 0.15) is 0 Å². The predicted octanol–water partition coefficient (Wildman–Crippen LogP) is 2.76. The monoisotopic (exact) mass is 260 g/mol. The Balaban J connectivity index is 2.00. The van der Waals surface area contributed by atoms with Crippen molar-refractivity contribution in [1.82, 2.24) is 14.5 Å². The van der Waals surface area contributed by atoms with E-state index in [1.807, 2.05) is 32.2 Å². The lowest BCUT2D eigenvalue weighted by Crippen LogP contribution is -2.06. The largest absolute Gasteiger partial charge is 0.382 e. The van der Waals surface area contributed by atoms with Gasteiger partial charge in [-0.3, -0.25) is 4.98 Å². The Labute approximate surface area is 113 Å². The fourth-order valence-electron chi connectivity index (χ4n) is 1.86. The Morgan fingerprint density at radius 1 is 1.42 bits per heavy atom. The topological polar surface area (TPSA) is 52.0 Å². The average molecular weight is 260 g/mol. The molecule has 0 radical (unpaired) electrons. The first-order valence-electron chi connectivity index (χ1n) is 6.58. The number of hydrogen-bond donors (Lipinski definition) is 1. The van der Waals surface area contributed by atoms with E-state index in [9.17, 15) is 0 Å². The molecule has 2 aromatic rings. The van der Waals surface area contributed by atoms with Gasteiger partial charge in [0.25, 0.3) is 0 Å². The highest BCUT2D eigenvalue weighted by atomic mass is 16.5. The zero-order chi connectivity index (χ0) is 13.5. The van der Waals surface area contributed by atoms with Crippen molar-refractivity contribution in [2.75, 3.05) is 18.5 Å². The lowest BCUT2D eigenvalue weighted by Gasteiger charge is -2.09. The molecule has 0 saturated carbocycles. The summed E-state index contributed by atoms with van der Waals surface area (Å²) in [5, 5.41) is 3.28. The smallest absolute Gasteiger partial charge is 0.207 e. The number of rotatable bonds is 7. The molecule has 0 bridgehead atoms. The van der Waals surface area contributed by atoms with Gasteiger partial charge < -0.3 is 14.6 Å². The van der Waals surface area contributed by atoms with Crippen molar-refractivity contribution < 1.29 is 4.74 Å². The molecule has 5 nitrogen and oxygen atoms in total. The maximum absolute atomic E-state index is 5.36. The van der Waals surface area contributed by atoms with Crippen LogP contribution in [-0.4, -0.2) is 27.7 Å². The number of aromatic nitrogens is 3. The van der Waals surface area contributed by atoms with E-state index in [-0.39, 0.29) is 0 Å². The van der Waals surface area contributed by atoms with Gasteiger partial charge in [0.05, 0.1) is 17.6 Å². The third-order valence-electron chi connectivity index (χ3n) is 2.71. The molecule has 0 spiro atoms. The van der Waals surface area contributed by atoms with Crippen molar-refractivity contribution in [1.29, 1.82) is 0 Å². The number of nitrogens with zero attached hydrogens (tertiary/aromatic N) is 3. The molecule has 2 aromatic heterocycles. The van der Waals surface area contributed by atoms with Gasteiger partial charge >= 0.3 is 0 Å². The third kappa shape index (κ3) is 4.06. The Morgan fingerprint density at radius 3 is 3.05 bits per heavy atom. The summed E-state index contributed by atoms with van der Waals surface area (Å²) in [7, 11) is 0. The third-order valence-corrected chi connectivity index (χ3v) is 2.71. The maximum atomic E-state index is 5.36. The minimum Gasteiger partial charge on any atom is -0.382 e. The molecule has 0 aliphatic heterocycles. The number of ether oxygens (including phenoxy) is 1. The molecule has 0 aliphatic carbocycles. The summed E-state index contributed by atoms with van der Waals surface area (Å²) in [6, 6.07) is 3.87. The lowest BCUT2D eigenvalue weighted by molar-refractivity contribution is 0.142. The van der Waals surface area contributed by atoms with Gasteiger partial charge in [0, 0.05) is 32.2 Å². The van der Waals surface area contributed by atoms with E-state index in [2.05, 4.69) is 19.9 Å². The Hall–Kier alpha value is -1.88. The van der Waals surface area contributed by atoms with E-state index in [4.69, 9.17) is 4.74 Å². The highest BCUT2D eigenvalue weighted by molar-refractivity contribution is 5.52. The van der Waals surface area contributed by atoms with Crippen LogP contribution >= 0.6 is 0 Å². The predicted molar refractivity (Wildman–Crippen MR) is 75.6 cm³/mol. The quantitative estimate of drug-likeness (QED) is 0.778. The van der Waals surface area contributed by atoms with Gasteiger partial charge in [0.15, 0.2) is 0 Å². The van der Waals surface area contributed by atoms with E-state index >= 15 is 0 Å². The number of hydrogen-bond acceptors (Lipinski definition) is 4. The Morgan fingerprint density at radius 2 is 2.32 bits per heavy atom. The molecule has 19 heavy (non-hydrogen) atoms. The zero-order valence-electron chi connectivity index (χ0n) is 11.5. The van der Waals surface area contributed by atoms with Crippen LogP contribution in [0.4, 0.5) is 11.6 Å². The van der Waals surface area contributed by atoms with Crippen LogP contribution in [0, 0.1) is 6.92 Å². The second-order valence-corrected chi connectivity index (χ2v) is 4.32. The number of imidazole rings is 1. The van der Waals surface area contributed by atoms with Crippen LogP contribution in [0.25, 0.3) is 0 Å². The van der Waals surface area contributed by atoms with E-state index in [0.29, 0.717) is 0 Å². The second-order valence-electron chi connectivity index (χ2n) is 4.32. The standard InChI is InChI=1S/C14H20N4O/c1-3-19-9-5-8-18-11-12(2)16-14(18)17-13-6-4-7-15-10-13/h4,6-7,10-11H,3,5,8-9H2,1-2H3,(H,16,17). The van der Waals surface area contributed by atoms with Gasteiger partial charge in [-0.25, -0.2) is 4.98 Å². The number of pyridine rings is 1. The van der Waals surface area contributed by atoms with Crippen molar-refractivity contribution >= 4 is 11.6 Å². The summed E-state index contributed by atoms with van der Waals surface area (Å²) >= 11 is 0. The first-order chi connectivity index (χ1) is 9.29. The van der Waals surface area contributed by atoms with E-state index in [0.717, 1.165) is 43.5 Å². The number of anilines is 2. The number of nitrogens with one attached hydrogen (secondary N) is 1. The van der Waals surface area contributed by atoms with Crippen molar-refractivity contribution in [3.8, 4) is 0 Å². The normalized spacial score (nSPS) is 10.6. The molecule has 0 amide bonds. The van der Waals surface area contributed by atoms with Crippen LogP contribution in [0.1, 0.15) is 19.0 Å². The van der Waals surface area contributed by atoms with Gasteiger partial charge in [0.2, 0.25) is 5.95 Å².